The van der Waals surface area contributed by atoms with Gasteiger partial charge in [0.05, 0.1) is 5.41 Å². The van der Waals surface area contributed by atoms with Gasteiger partial charge in [0.2, 0.25) is 5.91 Å². The highest BCUT2D eigenvalue weighted by atomic mass is 16.2. The Bertz CT molecular complexity index is 873. The smallest absolute Gasteiger partial charge is 0.230 e. The van der Waals surface area contributed by atoms with Crippen LogP contribution in [-0.2, 0) is 4.79 Å². The number of benzene rings is 1. The number of hydrogen-bond donors (Lipinski definition) is 1. The fourth-order valence-electron chi connectivity index (χ4n) is 7.69. The first-order valence-corrected chi connectivity index (χ1v) is 12.6. The molecule has 0 spiro atoms. The first kappa shape index (κ1) is 22.6. The molecule has 2 saturated carbocycles. The lowest BCUT2D eigenvalue weighted by atomic mass is 9.46. The van der Waals surface area contributed by atoms with Crippen LogP contribution in [0.15, 0.2) is 23.8 Å². The van der Waals surface area contributed by atoms with Crippen LogP contribution in [0.2, 0.25) is 0 Å². The Hall–Kier alpha value is -1.57. The molecule has 2 unspecified atom stereocenters. The predicted molar refractivity (Wildman–Crippen MR) is 131 cm³/mol. The zero-order chi connectivity index (χ0) is 22.6. The van der Waals surface area contributed by atoms with Gasteiger partial charge < -0.3 is 5.32 Å². The summed E-state index contributed by atoms with van der Waals surface area (Å²) in [4.78, 5) is 13.8. The van der Waals surface area contributed by atoms with Gasteiger partial charge in [-0.3, -0.25) is 4.79 Å². The molecule has 0 bridgehead atoms. The fraction of sp³-hybridized carbons (Fsp3) is 0.690. The van der Waals surface area contributed by atoms with Crippen LogP contribution in [0.4, 0.5) is 5.69 Å². The van der Waals surface area contributed by atoms with Gasteiger partial charge >= 0.3 is 0 Å². The van der Waals surface area contributed by atoms with E-state index in [9.17, 15) is 4.79 Å². The monoisotopic (exact) mass is 421 g/mol. The topological polar surface area (TPSA) is 29.1 Å². The van der Waals surface area contributed by atoms with E-state index in [0.29, 0.717) is 11.8 Å². The first-order chi connectivity index (χ1) is 14.6. The minimum absolute atomic E-state index is 0.242. The molecule has 0 heterocycles. The fourth-order valence-corrected chi connectivity index (χ4v) is 7.69. The summed E-state index contributed by atoms with van der Waals surface area (Å²) in [5.74, 6) is 2.97. The first-order valence-electron chi connectivity index (χ1n) is 12.6. The largest absolute Gasteiger partial charge is 0.325 e. The Kier molecular flexibility index (Phi) is 5.90. The Morgan fingerprint density at radius 1 is 1.06 bits per heavy atom. The standard InChI is InChI=1S/C29H43NO/c1-18(2)22-9-11-24-23(17-22)10-12-25-28(24,6)13-8-14-29(25,7)27(31)30-26-20(4)15-19(3)16-21(26)5/h10,15-16,18,22,24-25H,8-9,11-14,17H2,1-7H3,(H,30,31)/t22?,24-,25?,28+,29+/m0/s1. The average Bonchev–Trinajstić information content (AvgIpc) is 2.69. The Morgan fingerprint density at radius 2 is 1.74 bits per heavy atom. The normalized spacial score (nSPS) is 35.2. The van der Waals surface area contributed by atoms with Crippen LogP contribution in [-0.4, -0.2) is 5.91 Å². The summed E-state index contributed by atoms with van der Waals surface area (Å²) < 4.78 is 0. The van der Waals surface area contributed by atoms with Gasteiger partial charge in [0.25, 0.3) is 0 Å². The minimum atomic E-state index is -0.298. The van der Waals surface area contributed by atoms with Crippen molar-refractivity contribution >= 4 is 11.6 Å². The quantitative estimate of drug-likeness (QED) is 0.496. The Labute approximate surface area is 190 Å². The third-order valence-corrected chi connectivity index (χ3v) is 9.54. The van der Waals surface area contributed by atoms with Crippen molar-refractivity contribution in [3.05, 3.63) is 40.5 Å². The van der Waals surface area contributed by atoms with E-state index in [-0.39, 0.29) is 16.7 Å². The molecule has 3 aliphatic carbocycles. The molecule has 1 aromatic rings. The van der Waals surface area contributed by atoms with Crippen LogP contribution < -0.4 is 5.32 Å². The molecular formula is C29H43NO. The number of amides is 1. The van der Waals surface area contributed by atoms with E-state index in [4.69, 9.17) is 0 Å². The summed E-state index contributed by atoms with van der Waals surface area (Å²) >= 11 is 0. The summed E-state index contributed by atoms with van der Waals surface area (Å²) in [6.45, 7) is 15.9. The molecule has 2 heteroatoms. The van der Waals surface area contributed by atoms with Crippen molar-refractivity contribution < 1.29 is 4.79 Å². The van der Waals surface area contributed by atoms with E-state index in [1.165, 1.54) is 48.8 Å². The molecule has 0 aromatic heterocycles. The molecule has 2 fully saturated rings. The molecule has 31 heavy (non-hydrogen) atoms. The summed E-state index contributed by atoms with van der Waals surface area (Å²) in [5, 5.41) is 3.40. The van der Waals surface area contributed by atoms with Crippen molar-refractivity contribution in [1.82, 2.24) is 0 Å². The maximum atomic E-state index is 13.8. The Balaban J connectivity index is 1.62. The van der Waals surface area contributed by atoms with Crippen LogP contribution in [0.1, 0.15) is 89.3 Å². The van der Waals surface area contributed by atoms with Gasteiger partial charge in [0.15, 0.2) is 0 Å². The molecule has 1 aromatic carbocycles. The van der Waals surface area contributed by atoms with Gasteiger partial charge in [0.1, 0.15) is 0 Å². The van der Waals surface area contributed by atoms with Gasteiger partial charge in [-0.2, -0.15) is 0 Å². The van der Waals surface area contributed by atoms with E-state index in [1.54, 1.807) is 5.57 Å². The number of carbonyl (C=O) groups excluding carboxylic acids is 1. The maximum absolute atomic E-state index is 13.8. The lowest BCUT2D eigenvalue weighted by molar-refractivity contribution is -0.139. The zero-order valence-electron chi connectivity index (χ0n) is 20.9. The van der Waals surface area contributed by atoms with Gasteiger partial charge in [-0.15, -0.1) is 0 Å². The second-order valence-corrected chi connectivity index (χ2v) is 11.9. The highest BCUT2D eigenvalue weighted by Crippen LogP contribution is 2.63. The lowest BCUT2D eigenvalue weighted by Gasteiger charge is -2.58. The van der Waals surface area contributed by atoms with Crippen molar-refractivity contribution in [2.75, 3.05) is 5.32 Å². The SMILES string of the molecule is Cc1cc(C)c(NC(=O)[C@]2(C)CCC[C@@]3(C)C2CC=C2CC(C(C)C)CC[C@@H]23)c(C)c1. The summed E-state index contributed by atoms with van der Waals surface area (Å²) in [5.41, 5.74) is 6.30. The molecule has 1 amide bonds. The number of anilines is 1. The summed E-state index contributed by atoms with van der Waals surface area (Å²) in [6.07, 6.45) is 11.0. The lowest BCUT2D eigenvalue weighted by Crippen LogP contribution is -2.54. The molecule has 2 nitrogen and oxygen atoms in total. The van der Waals surface area contributed by atoms with Gasteiger partial charge in [0, 0.05) is 5.69 Å². The number of hydrogen-bond acceptors (Lipinski definition) is 1. The third-order valence-electron chi connectivity index (χ3n) is 9.54. The summed E-state index contributed by atoms with van der Waals surface area (Å²) in [7, 11) is 0. The van der Waals surface area contributed by atoms with Crippen LogP contribution >= 0.6 is 0 Å². The second kappa shape index (κ2) is 8.09. The zero-order valence-corrected chi connectivity index (χ0v) is 20.9. The molecule has 1 N–H and O–H groups in total. The molecule has 0 saturated heterocycles. The van der Waals surface area contributed by atoms with Crippen molar-refractivity contribution in [3.8, 4) is 0 Å². The number of fused-ring (bicyclic) bond motifs is 3. The molecule has 4 rings (SSSR count). The number of carbonyl (C=O) groups is 1. The molecule has 0 radical (unpaired) electrons. The molecular weight excluding hydrogens is 378 g/mol. The second-order valence-electron chi connectivity index (χ2n) is 11.9. The Morgan fingerprint density at radius 3 is 2.39 bits per heavy atom. The maximum Gasteiger partial charge on any atom is 0.230 e. The predicted octanol–water partition coefficient (Wildman–Crippen LogP) is 7.77. The molecule has 170 valence electrons. The van der Waals surface area contributed by atoms with E-state index in [2.05, 4.69) is 72.0 Å². The average molecular weight is 422 g/mol. The van der Waals surface area contributed by atoms with E-state index >= 15 is 0 Å². The molecule has 5 atom stereocenters. The van der Waals surface area contributed by atoms with Gasteiger partial charge in [-0.25, -0.2) is 0 Å². The van der Waals surface area contributed by atoms with Crippen LogP contribution in [0.25, 0.3) is 0 Å². The molecule has 3 aliphatic rings. The highest BCUT2D eigenvalue weighted by molar-refractivity contribution is 5.96. The van der Waals surface area contributed by atoms with Gasteiger partial charge in [-0.1, -0.05) is 63.5 Å². The van der Waals surface area contributed by atoms with Crippen molar-refractivity contribution in [2.24, 2.45) is 34.5 Å². The van der Waals surface area contributed by atoms with Crippen LogP contribution in [0.3, 0.4) is 0 Å². The van der Waals surface area contributed by atoms with Crippen molar-refractivity contribution in [1.29, 1.82) is 0 Å². The molecule has 0 aliphatic heterocycles. The van der Waals surface area contributed by atoms with E-state index < -0.39 is 0 Å². The van der Waals surface area contributed by atoms with Crippen molar-refractivity contribution in [2.45, 2.75) is 93.4 Å². The van der Waals surface area contributed by atoms with E-state index in [1.807, 2.05) is 0 Å². The number of rotatable bonds is 3. The minimum Gasteiger partial charge on any atom is -0.325 e. The van der Waals surface area contributed by atoms with Crippen LogP contribution in [0.5, 0.6) is 0 Å². The number of aryl methyl sites for hydroxylation is 3. The van der Waals surface area contributed by atoms with Gasteiger partial charge in [-0.05, 0) is 99.5 Å². The number of allylic oxidation sites excluding steroid dienone is 2. The van der Waals surface area contributed by atoms with E-state index in [0.717, 1.165) is 30.4 Å². The van der Waals surface area contributed by atoms with Crippen LogP contribution in [0, 0.1) is 55.3 Å². The third kappa shape index (κ3) is 3.79. The highest BCUT2D eigenvalue weighted by Gasteiger charge is 2.57. The number of nitrogens with one attached hydrogen (secondary N) is 1. The summed E-state index contributed by atoms with van der Waals surface area (Å²) in [6, 6.07) is 4.36. The van der Waals surface area contributed by atoms with Crippen molar-refractivity contribution in [3.63, 3.8) is 0 Å².